The zero-order valence-electron chi connectivity index (χ0n) is 9.27. The number of pyridine rings is 1. The molecule has 0 aliphatic heterocycles. The van der Waals surface area contributed by atoms with Crippen LogP contribution in [0.15, 0.2) is 48.7 Å². The van der Waals surface area contributed by atoms with Crippen LogP contribution in [0.5, 0.6) is 0 Å². The second-order valence-corrected chi connectivity index (χ2v) is 3.50. The van der Waals surface area contributed by atoms with Crippen LogP contribution in [0.3, 0.4) is 0 Å². The van der Waals surface area contributed by atoms with Gasteiger partial charge in [0.15, 0.2) is 0 Å². The highest BCUT2D eigenvalue weighted by Gasteiger charge is 1.94. The number of hydrogen-bond donors (Lipinski definition) is 2. The first-order valence-corrected chi connectivity index (χ1v) is 5.30. The fraction of sp³-hybridized carbons (Fsp3) is 0.154. The molecule has 0 bridgehead atoms. The number of benzene rings is 1. The van der Waals surface area contributed by atoms with Gasteiger partial charge in [-0.15, -0.1) is 0 Å². The Morgan fingerprint density at radius 2 is 1.75 bits per heavy atom. The largest absolute Gasteiger partial charge is 0.388 e. The summed E-state index contributed by atoms with van der Waals surface area (Å²) < 4.78 is 0. The van der Waals surface area contributed by atoms with Crippen molar-refractivity contribution in [2.75, 3.05) is 17.7 Å². The molecule has 2 N–H and O–H groups in total. The van der Waals surface area contributed by atoms with Gasteiger partial charge in [-0.3, -0.25) is 4.98 Å². The molecule has 2 aromatic rings. The van der Waals surface area contributed by atoms with E-state index in [2.05, 4.69) is 27.8 Å². The summed E-state index contributed by atoms with van der Waals surface area (Å²) >= 11 is 0. The molecular weight excluding hydrogens is 198 g/mol. The standard InChI is InChI=1S/C13H15N3/c1-14-11-5-7-12(8-6-11)16-10-13-4-2-3-9-15-13/h2-9,14,16H,10H2,1H3. The Bertz CT molecular complexity index is 423. The van der Waals surface area contributed by atoms with Crippen molar-refractivity contribution in [2.45, 2.75) is 6.54 Å². The van der Waals surface area contributed by atoms with E-state index in [-0.39, 0.29) is 0 Å². The Labute approximate surface area is 95.5 Å². The van der Waals surface area contributed by atoms with E-state index in [1.54, 1.807) is 6.20 Å². The van der Waals surface area contributed by atoms with Crippen LogP contribution in [0.1, 0.15) is 5.69 Å². The third kappa shape index (κ3) is 2.73. The normalized spacial score (nSPS) is 9.81. The molecule has 0 radical (unpaired) electrons. The van der Waals surface area contributed by atoms with E-state index in [1.165, 1.54) is 0 Å². The number of anilines is 2. The molecule has 0 unspecified atom stereocenters. The first-order valence-electron chi connectivity index (χ1n) is 5.30. The SMILES string of the molecule is CNc1ccc(NCc2ccccn2)cc1. The molecular formula is C13H15N3. The van der Waals surface area contributed by atoms with Gasteiger partial charge in [-0.05, 0) is 36.4 Å². The van der Waals surface area contributed by atoms with Crippen molar-refractivity contribution in [3.05, 3.63) is 54.4 Å². The minimum absolute atomic E-state index is 0.750. The smallest absolute Gasteiger partial charge is 0.0594 e. The van der Waals surface area contributed by atoms with Crippen LogP contribution >= 0.6 is 0 Å². The third-order valence-corrected chi connectivity index (χ3v) is 2.37. The van der Waals surface area contributed by atoms with Gasteiger partial charge in [0.2, 0.25) is 0 Å². The van der Waals surface area contributed by atoms with Crippen molar-refractivity contribution in [1.82, 2.24) is 4.98 Å². The summed E-state index contributed by atoms with van der Waals surface area (Å²) in [4.78, 5) is 4.25. The Kier molecular flexibility index (Phi) is 3.38. The Morgan fingerprint density at radius 3 is 2.38 bits per heavy atom. The molecule has 3 nitrogen and oxygen atoms in total. The summed E-state index contributed by atoms with van der Waals surface area (Å²) in [7, 11) is 1.91. The highest BCUT2D eigenvalue weighted by molar-refractivity contribution is 5.53. The summed E-state index contributed by atoms with van der Waals surface area (Å²) in [6, 6.07) is 14.1. The number of nitrogens with zero attached hydrogens (tertiary/aromatic N) is 1. The highest BCUT2D eigenvalue weighted by Crippen LogP contribution is 2.13. The van der Waals surface area contributed by atoms with Crippen LogP contribution in [-0.4, -0.2) is 12.0 Å². The summed E-state index contributed by atoms with van der Waals surface area (Å²) in [5, 5.41) is 6.41. The molecule has 1 aromatic heterocycles. The van der Waals surface area contributed by atoms with Gasteiger partial charge in [0.25, 0.3) is 0 Å². The van der Waals surface area contributed by atoms with E-state index in [9.17, 15) is 0 Å². The van der Waals surface area contributed by atoms with Gasteiger partial charge in [0.05, 0.1) is 12.2 Å². The number of nitrogens with one attached hydrogen (secondary N) is 2. The van der Waals surface area contributed by atoms with E-state index in [4.69, 9.17) is 0 Å². The van der Waals surface area contributed by atoms with Crippen LogP contribution in [0.25, 0.3) is 0 Å². The maximum Gasteiger partial charge on any atom is 0.0594 e. The quantitative estimate of drug-likeness (QED) is 0.820. The van der Waals surface area contributed by atoms with Crippen molar-refractivity contribution in [3.63, 3.8) is 0 Å². The van der Waals surface area contributed by atoms with Gasteiger partial charge in [-0.1, -0.05) is 6.07 Å². The van der Waals surface area contributed by atoms with Crippen LogP contribution in [0, 0.1) is 0 Å². The Morgan fingerprint density at radius 1 is 1.00 bits per heavy atom. The van der Waals surface area contributed by atoms with Crippen molar-refractivity contribution in [1.29, 1.82) is 0 Å². The lowest BCUT2D eigenvalue weighted by Gasteiger charge is -2.06. The molecule has 82 valence electrons. The van der Waals surface area contributed by atoms with Gasteiger partial charge >= 0.3 is 0 Å². The van der Waals surface area contributed by atoms with Crippen molar-refractivity contribution < 1.29 is 0 Å². The number of aromatic nitrogens is 1. The molecule has 0 aliphatic carbocycles. The lowest BCUT2D eigenvalue weighted by molar-refractivity contribution is 1.05. The van der Waals surface area contributed by atoms with Gasteiger partial charge in [-0.2, -0.15) is 0 Å². The van der Waals surface area contributed by atoms with Gasteiger partial charge in [0.1, 0.15) is 0 Å². The van der Waals surface area contributed by atoms with Gasteiger partial charge < -0.3 is 10.6 Å². The summed E-state index contributed by atoms with van der Waals surface area (Å²) in [5.74, 6) is 0. The van der Waals surface area contributed by atoms with E-state index >= 15 is 0 Å². The topological polar surface area (TPSA) is 37.0 Å². The fourth-order valence-electron chi connectivity index (χ4n) is 1.45. The lowest BCUT2D eigenvalue weighted by atomic mass is 10.2. The summed E-state index contributed by atoms with van der Waals surface area (Å²) in [5.41, 5.74) is 3.26. The van der Waals surface area contributed by atoms with Crippen LogP contribution < -0.4 is 10.6 Å². The molecule has 0 fully saturated rings. The second-order valence-electron chi connectivity index (χ2n) is 3.50. The molecule has 0 aliphatic rings. The van der Waals surface area contributed by atoms with E-state index in [0.717, 1.165) is 23.6 Å². The van der Waals surface area contributed by atoms with E-state index < -0.39 is 0 Å². The number of rotatable bonds is 4. The maximum absolute atomic E-state index is 4.25. The predicted octanol–water partition coefficient (Wildman–Crippen LogP) is 2.74. The van der Waals surface area contributed by atoms with Gasteiger partial charge in [-0.25, -0.2) is 0 Å². The van der Waals surface area contributed by atoms with Gasteiger partial charge in [0, 0.05) is 24.6 Å². The molecule has 0 saturated heterocycles. The fourth-order valence-corrected chi connectivity index (χ4v) is 1.45. The highest BCUT2D eigenvalue weighted by atomic mass is 14.9. The molecule has 0 saturated carbocycles. The molecule has 0 spiro atoms. The van der Waals surface area contributed by atoms with E-state index in [0.29, 0.717) is 0 Å². The maximum atomic E-state index is 4.25. The van der Waals surface area contributed by atoms with Crippen LogP contribution in [0.4, 0.5) is 11.4 Å². The van der Waals surface area contributed by atoms with Crippen molar-refractivity contribution >= 4 is 11.4 Å². The minimum atomic E-state index is 0.750. The molecule has 1 aromatic carbocycles. The molecule has 1 heterocycles. The average molecular weight is 213 g/mol. The predicted molar refractivity (Wildman–Crippen MR) is 67.6 cm³/mol. The van der Waals surface area contributed by atoms with Crippen LogP contribution in [-0.2, 0) is 6.54 Å². The molecule has 2 rings (SSSR count). The Hall–Kier alpha value is -2.03. The van der Waals surface area contributed by atoms with E-state index in [1.807, 2.05) is 37.4 Å². The summed E-state index contributed by atoms with van der Waals surface area (Å²) in [6.07, 6.45) is 1.81. The second kappa shape index (κ2) is 5.16. The molecule has 3 heteroatoms. The first kappa shape index (κ1) is 10.5. The zero-order chi connectivity index (χ0) is 11.2. The van der Waals surface area contributed by atoms with Crippen LogP contribution in [0.2, 0.25) is 0 Å². The third-order valence-electron chi connectivity index (χ3n) is 2.37. The van der Waals surface area contributed by atoms with Crippen molar-refractivity contribution in [3.8, 4) is 0 Å². The summed E-state index contributed by atoms with van der Waals surface area (Å²) in [6.45, 7) is 0.750. The lowest BCUT2D eigenvalue weighted by Crippen LogP contribution is -2.00. The monoisotopic (exact) mass is 213 g/mol. The average Bonchev–Trinajstić information content (AvgIpc) is 2.38. The minimum Gasteiger partial charge on any atom is -0.388 e. The molecule has 16 heavy (non-hydrogen) atoms. The Balaban J connectivity index is 1.94. The van der Waals surface area contributed by atoms with Crippen molar-refractivity contribution in [2.24, 2.45) is 0 Å². The first-order chi connectivity index (χ1) is 7.88. The number of hydrogen-bond acceptors (Lipinski definition) is 3. The molecule has 0 atom stereocenters. The molecule has 0 amide bonds. The zero-order valence-corrected chi connectivity index (χ0v) is 9.27.